The van der Waals surface area contributed by atoms with Crippen LogP contribution in [0.4, 0.5) is 0 Å². The molecule has 0 amide bonds. The molecule has 0 N–H and O–H groups in total. The third kappa shape index (κ3) is 2.81. The zero-order valence-electron chi connectivity index (χ0n) is 11.8. The largest absolute Gasteiger partial charge is 0.438 e. The normalized spacial score (nSPS) is 10.8. The Bertz CT molecular complexity index is 805. The Morgan fingerprint density at radius 3 is 2.86 bits per heavy atom. The Morgan fingerprint density at radius 2 is 2.05 bits per heavy atom. The number of rotatable bonds is 3. The van der Waals surface area contributed by atoms with Gasteiger partial charge in [-0.05, 0) is 25.1 Å². The smallest absolute Gasteiger partial charge is 0.226 e. The highest BCUT2D eigenvalue weighted by Gasteiger charge is 2.11. The standard InChI is InChI=1S/C16H14ClN3O/c1-3-14-19-15(17)10(2)16(20-14)21-12-7-6-11-5-4-8-18-13(11)9-12/h4-9H,3H2,1-2H3. The van der Waals surface area contributed by atoms with E-state index < -0.39 is 0 Å². The van der Waals surface area contributed by atoms with E-state index in [9.17, 15) is 0 Å². The fourth-order valence-corrected chi connectivity index (χ4v) is 2.17. The molecule has 0 aliphatic rings. The van der Waals surface area contributed by atoms with Crippen LogP contribution in [0, 0.1) is 6.92 Å². The second-order valence-corrected chi connectivity index (χ2v) is 5.03. The molecule has 1 aromatic carbocycles. The quantitative estimate of drug-likeness (QED) is 0.675. The second kappa shape index (κ2) is 5.66. The molecular formula is C16H14ClN3O. The van der Waals surface area contributed by atoms with Crippen LogP contribution in [0.3, 0.4) is 0 Å². The lowest BCUT2D eigenvalue weighted by Crippen LogP contribution is -2.00. The first-order valence-electron chi connectivity index (χ1n) is 6.73. The van der Waals surface area contributed by atoms with Crippen LogP contribution in [-0.4, -0.2) is 15.0 Å². The molecule has 2 heterocycles. The molecule has 5 heteroatoms. The van der Waals surface area contributed by atoms with E-state index in [4.69, 9.17) is 16.3 Å². The van der Waals surface area contributed by atoms with Crippen molar-refractivity contribution in [1.29, 1.82) is 0 Å². The number of benzene rings is 1. The van der Waals surface area contributed by atoms with Crippen LogP contribution in [0.25, 0.3) is 10.9 Å². The van der Waals surface area contributed by atoms with Crippen molar-refractivity contribution in [3.05, 3.63) is 53.1 Å². The number of hydrogen-bond acceptors (Lipinski definition) is 4. The molecular weight excluding hydrogens is 286 g/mol. The van der Waals surface area contributed by atoms with Gasteiger partial charge in [0.1, 0.15) is 16.7 Å². The highest BCUT2D eigenvalue weighted by atomic mass is 35.5. The summed E-state index contributed by atoms with van der Waals surface area (Å²) in [5.74, 6) is 1.84. The van der Waals surface area contributed by atoms with Crippen LogP contribution in [0.2, 0.25) is 5.15 Å². The fraction of sp³-hybridized carbons (Fsp3) is 0.188. The lowest BCUT2D eigenvalue weighted by atomic mass is 10.2. The Kier molecular flexibility index (Phi) is 3.71. The zero-order chi connectivity index (χ0) is 14.8. The maximum atomic E-state index is 6.12. The summed E-state index contributed by atoms with van der Waals surface area (Å²) in [4.78, 5) is 12.9. The number of aromatic nitrogens is 3. The number of hydrogen-bond donors (Lipinski definition) is 0. The van der Waals surface area contributed by atoms with Gasteiger partial charge in [0.15, 0.2) is 0 Å². The highest BCUT2D eigenvalue weighted by molar-refractivity contribution is 6.30. The number of pyridine rings is 1. The average molecular weight is 300 g/mol. The van der Waals surface area contributed by atoms with Crippen molar-refractivity contribution in [3.63, 3.8) is 0 Å². The average Bonchev–Trinajstić information content (AvgIpc) is 2.51. The van der Waals surface area contributed by atoms with Crippen molar-refractivity contribution in [3.8, 4) is 11.6 Å². The molecule has 21 heavy (non-hydrogen) atoms. The molecule has 3 aromatic rings. The van der Waals surface area contributed by atoms with Gasteiger partial charge >= 0.3 is 0 Å². The van der Waals surface area contributed by atoms with Gasteiger partial charge in [-0.15, -0.1) is 0 Å². The lowest BCUT2D eigenvalue weighted by molar-refractivity contribution is 0.455. The predicted octanol–water partition coefficient (Wildman–Crippen LogP) is 4.34. The zero-order valence-corrected chi connectivity index (χ0v) is 12.6. The fourth-order valence-electron chi connectivity index (χ4n) is 1.99. The molecule has 106 valence electrons. The van der Waals surface area contributed by atoms with Gasteiger partial charge in [0.25, 0.3) is 0 Å². The third-order valence-electron chi connectivity index (χ3n) is 3.20. The first-order chi connectivity index (χ1) is 10.2. The summed E-state index contributed by atoms with van der Waals surface area (Å²) in [6, 6.07) is 9.66. The van der Waals surface area contributed by atoms with E-state index in [0.717, 1.165) is 16.5 Å². The molecule has 0 atom stereocenters. The van der Waals surface area contributed by atoms with Crippen molar-refractivity contribution < 1.29 is 4.74 Å². The number of nitrogens with zero attached hydrogens (tertiary/aromatic N) is 3. The Hall–Kier alpha value is -2.20. The summed E-state index contributed by atoms with van der Waals surface area (Å²) in [5, 5.41) is 1.49. The topological polar surface area (TPSA) is 47.9 Å². The van der Waals surface area contributed by atoms with Crippen LogP contribution in [0.5, 0.6) is 11.6 Å². The molecule has 0 radical (unpaired) electrons. The minimum Gasteiger partial charge on any atom is -0.438 e. The van der Waals surface area contributed by atoms with Crippen LogP contribution < -0.4 is 4.74 Å². The number of aryl methyl sites for hydroxylation is 1. The van der Waals surface area contributed by atoms with Crippen molar-refractivity contribution in [2.45, 2.75) is 20.3 Å². The van der Waals surface area contributed by atoms with E-state index in [1.807, 2.05) is 44.2 Å². The molecule has 0 fully saturated rings. The lowest BCUT2D eigenvalue weighted by Gasteiger charge is -2.10. The number of ether oxygens (including phenoxy) is 1. The van der Waals surface area contributed by atoms with E-state index in [0.29, 0.717) is 29.0 Å². The van der Waals surface area contributed by atoms with Crippen LogP contribution in [0.1, 0.15) is 18.3 Å². The van der Waals surface area contributed by atoms with Crippen molar-refractivity contribution in [2.75, 3.05) is 0 Å². The van der Waals surface area contributed by atoms with Crippen LogP contribution in [0.15, 0.2) is 36.5 Å². The first-order valence-corrected chi connectivity index (χ1v) is 7.11. The first kappa shape index (κ1) is 13.8. The minimum absolute atomic E-state index is 0.427. The summed E-state index contributed by atoms with van der Waals surface area (Å²) in [6.45, 7) is 3.82. The number of fused-ring (bicyclic) bond motifs is 1. The Balaban J connectivity index is 2.00. The molecule has 2 aromatic heterocycles. The highest BCUT2D eigenvalue weighted by Crippen LogP contribution is 2.28. The van der Waals surface area contributed by atoms with Gasteiger partial charge in [-0.1, -0.05) is 24.6 Å². The van der Waals surface area contributed by atoms with E-state index in [2.05, 4.69) is 15.0 Å². The Labute approximate surface area is 127 Å². The predicted molar refractivity (Wildman–Crippen MR) is 83.0 cm³/mol. The van der Waals surface area contributed by atoms with Crippen molar-refractivity contribution >= 4 is 22.5 Å². The van der Waals surface area contributed by atoms with E-state index in [-0.39, 0.29) is 0 Å². The van der Waals surface area contributed by atoms with Gasteiger partial charge in [-0.25, -0.2) is 4.98 Å². The second-order valence-electron chi connectivity index (χ2n) is 4.67. The molecule has 0 aliphatic carbocycles. The van der Waals surface area contributed by atoms with E-state index >= 15 is 0 Å². The van der Waals surface area contributed by atoms with Gasteiger partial charge in [0.2, 0.25) is 5.88 Å². The Morgan fingerprint density at radius 1 is 1.19 bits per heavy atom. The molecule has 0 saturated carbocycles. The SMILES string of the molecule is CCc1nc(Cl)c(C)c(Oc2ccc3cccnc3c2)n1. The van der Waals surface area contributed by atoms with Gasteiger partial charge in [-0.2, -0.15) is 4.98 Å². The monoisotopic (exact) mass is 299 g/mol. The van der Waals surface area contributed by atoms with Gasteiger partial charge in [0, 0.05) is 29.6 Å². The summed E-state index contributed by atoms with van der Waals surface area (Å²) >= 11 is 6.12. The van der Waals surface area contributed by atoms with E-state index in [1.165, 1.54) is 0 Å². The van der Waals surface area contributed by atoms with Crippen LogP contribution >= 0.6 is 11.6 Å². The molecule has 0 spiro atoms. The van der Waals surface area contributed by atoms with Crippen LogP contribution in [-0.2, 0) is 6.42 Å². The molecule has 0 unspecified atom stereocenters. The van der Waals surface area contributed by atoms with Gasteiger partial charge in [-0.3, -0.25) is 4.98 Å². The maximum Gasteiger partial charge on any atom is 0.226 e. The summed E-state index contributed by atoms with van der Waals surface area (Å²) < 4.78 is 5.87. The van der Waals surface area contributed by atoms with E-state index in [1.54, 1.807) is 6.20 Å². The van der Waals surface area contributed by atoms with Crippen molar-refractivity contribution in [1.82, 2.24) is 15.0 Å². The molecule has 4 nitrogen and oxygen atoms in total. The third-order valence-corrected chi connectivity index (χ3v) is 3.56. The number of halogens is 1. The summed E-state index contributed by atoms with van der Waals surface area (Å²) in [5.41, 5.74) is 1.61. The minimum atomic E-state index is 0.427. The van der Waals surface area contributed by atoms with Gasteiger partial charge < -0.3 is 4.74 Å². The maximum absolute atomic E-state index is 6.12. The molecule has 3 rings (SSSR count). The molecule has 0 bridgehead atoms. The summed E-state index contributed by atoms with van der Waals surface area (Å²) in [6.07, 6.45) is 2.46. The molecule has 0 aliphatic heterocycles. The molecule has 0 saturated heterocycles. The van der Waals surface area contributed by atoms with Crippen molar-refractivity contribution in [2.24, 2.45) is 0 Å². The van der Waals surface area contributed by atoms with Gasteiger partial charge in [0.05, 0.1) is 5.52 Å². The summed E-state index contributed by atoms with van der Waals surface area (Å²) in [7, 11) is 0.